The van der Waals surface area contributed by atoms with E-state index in [2.05, 4.69) is 17.2 Å². The second kappa shape index (κ2) is 9.48. The van der Waals surface area contributed by atoms with Crippen LogP contribution in [0.15, 0.2) is 35.1 Å². The quantitative estimate of drug-likeness (QED) is 0.775. The van der Waals surface area contributed by atoms with Gasteiger partial charge in [0.2, 0.25) is 11.9 Å². The van der Waals surface area contributed by atoms with E-state index in [4.69, 9.17) is 9.47 Å². The molecule has 1 N–H and O–H groups in total. The number of methoxy groups -OCH3 is 1. The van der Waals surface area contributed by atoms with Crippen molar-refractivity contribution in [2.45, 2.75) is 26.5 Å². The van der Waals surface area contributed by atoms with Gasteiger partial charge in [0, 0.05) is 32.0 Å². The van der Waals surface area contributed by atoms with Crippen LogP contribution in [-0.2, 0) is 33.8 Å². The molecule has 2 aromatic rings. The van der Waals surface area contributed by atoms with E-state index in [1.807, 2.05) is 29.2 Å². The highest BCUT2D eigenvalue weighted by atomic mass is 16.5. The molecule has 1 aliphatic rings. The summed E-state index contributed by atoms with van der Waals surface area (Å²) in [6.45, 7) is 4.53. The second-order valence-corrected chi connectivity index (χ2v) is 6.61. The third-order valence-electron chi connectivity index (χ3n) is 4.55. The number of morpholine rings is 1. The van der Waals surface area contributed by atoms with Gasteiger partial charge in [0.1, 0.15) is 6.54 Å². The molecule has 0 bridgehead atoms. The molecule has 0 atom stereocenters. The third-order valence-corrected chi connectivity index (χ3v) is 4.55. The number of benzene rings is 1. The Kier molecular flexibility index (Phi) is 6.78. The third kappa shape index (κ3) is 4.96. The summed E-state index contributed by atoms with van der Waals surface area (Å²) in [6.07, 6.45) is 0.884. The molecule has 1 saturated heterocycles. The first kappa shape index (κ1) is 20.0. The average molecular weight is 386 g/mol. The van der Waals surface area contributed by atoms with E-state index in [-0.39, 0.29) is 24.6 Å². The lowest BCUT2D eigenvalue weighted by Gasteiger charge is -2.29. The van der Waals surface area contributed by atoms with Crippen molar-refractivity contribution in [2.75, 3.05) is 43.6 Å². The first-order chi connectivity index (χ1) is 13.6. The lowest BCUT2D eigenvalue weighted by Crippen LogP contribution is -2.42. The van der Waals surface area contributed by atoms with Crippen LogP contribution in [0.25, 0.3) is 0 Å². The number of hydrogen-bond acceptors (Lipinski definition) is 6. The number of carbonyl (C=O) groups is 1. The van der Waals surface area contributed by atoms with Gasteiger partial charge in [0.25, 0.3) is 5.56 Å². The van der Waals surface area contributed by atoms with E-state index in [9.17, 15) is 9.59 Å². The highest BCUT2D eigenvalue weighted by Crippen LogP contribution is 2.14. The number of aryl methyl sites for hydroxylation is 1. The Labute approximate surface area is 164 Å². The van der Waals surface area contributed by atoms with E-state index in [0.29, 0.717) is 43.6 Å². The van der Waals surface area contributed by atoms with E-state index in [1.54, 1.807) is 7.11 Å². The molecule has 0 radical (unpaired) electrons. The smallest absolute Gasteiger partial charge is 0.255 e. The maximum Gasteiger partial charge on any atom is 0.255 e. The Bertz CT molecular complexity index is 875. The number of amides is 1. The van der Waals surface area contributed by atoms with Gasteiger partial charge in [0.15, 0.2) is 0 Å². The van der Waals surface area contributed by atoms with Gasteiger partial charge in [-0.3, -0.25) is 14.2 Å². The van der Waals surface area contributed by atoms with Crippen molar-refractivity contribution in [3.8, 4) is 0 Å². The average Bonchev–Trinajstić information content (AvgIpc) is 2.71. The van der Waals surface area contributed by atoms with Crippen LogP contribution in [0.1, 0.15) is 18.2 Å². The van der Waals surface area contributed by atoms with Gasteiger partial charge in [-0.2, -0.15) is 0 Å². The molecular weight excluding hydrogens is 360 g/mol. The zero-order valence-electron chi connectivity index (χ0n) is 16.3. The number of aromatic nitrogens is 2. The predicted molar refractivity (Wildman–Crippen MR) is 107 cm³/mol. The van der Waals surface area contributed by atoms with Crippen molar-refractivity contribution in [1.29, 1.82) is 0 Å². The largest absolute Gasteiger partial charge is 0.378 e. The normalized spacial score (nSPS) is 14.1. The van der Waals surface area contributed by atoms with E-state index in [0.717, 1.165) is 12.0 Å². The van der Waals surface area contributed by atoms with Crippen molar-refractivity contribution in [2.24, 2.45) is 0 Å². The molecule has 3 rings (SSSR count). The van der Waals surface area contributed by atoms with Crippen molar-refractivity contribution in [3.05, 3.63) is 51.9 Å². The van der Waals surface area contributed by atoms with Crippen molar-refractivity contribution in [3.63, 3.8) is 0 Å². The minimum Gasteiger partial charge on any atom is -0.378 e. The Hall–Kier alpha value is -2.71. The molecule has 1 aromatic heterocycles. The molecule has 0 unspecified atom stereocenters. The molecule has 2 heterocycles. The van der Waals surface area contributed by atoms with Gasteiger partial charge in [-0.25, -0.2) is 4.98 Å². The number of rotatable bonds is 7. The van der Waals surface area contributed by atoms with Gasteiger partial charge < -0.3 is 19.7 Å². The van der Waals surface area contributed by atoms with Gasteiger partial charge in [0.05, 0.1) is 25.5 Å². The summed E-state index contributed by atoms with van der Waals surface area (Å²) in [7, 11) is 1.56. The Morgan fingerprint density at radius 3 is 2.79 bits per heavy atom. The van der Waals surface area contributed by atoms with Crippen LogP contribution in [0.4, 0.5) is 11.6 Å². The first-order valence-electron chi connectivity index (χ1n) is 9.42. The lowest BCUT2D eigenvalue weighted by molar-refractivity contribution is -0.116. The highest BCUT2D eigenvalue weighted by molar-refractivity contribution is 5.90. The minimum absolute atomic E-state index is 0.109. The van der Waals surface area contributed by atoms with Crippen LogP contribution in [0.3, 0.4) is 0 Å². The van der Waals surface area contributed by atoms with Crippen LogP contribution in [0.5, 0.6) is 0 Å². The van der Waals surface area contributed by atoms with Gasteiger partial charge in [-0.15, -0.1) is 0 Å². The Morgan fingerprint density at radius 1 is 1.29 bits per heavy atom. The fourth-order valence-electron chi connectivity index (χ4n) is 3.13. The summed E-state index contributed by atoms with van der Waals surface area (Å²) in [6, 6.07) is 9.10. The first-order valence-corrected chi connectivity index (χ1v) is 9.42. The van der Waals surface area contributed by atoms with Crippen LogP contribution in [0.2, 0.25) is 0 Å². The standard InChI is InChI=1S/C20H26N4O4/c1-3-15-5-4-6-16(11-15)21-18(25)13-24-19(26)12-17(14-27-2)22-20(24)23-7-9-28-10-8-23/h4-6,11-12H,3,7-10,13-14H2,1-2H3,(H,21,25). The fraction of sp³-hybridized carbons (Fsp3) is 0.450. The zero-order chi connectivity index (χ0) is 19.9. The summed E-state index contributed by atoms with van der Waals surface area (Å²) in [5.74, 6) is 0.200. The Morgan fingerprint density at radius 2 is 2.07 bits per heavy atom. The number of nitrogens with one attached hydrogen (secondary N) is 1. The number of carbonyl (C=O) groups excluding carboxylic acids is 1. The molecule has 28 heavy (non-hydrogen) atoms. The zero-order valence-corrected chi connectivity index (χ0v) is 16.3. The molecule has 1 aromatic carbocycles. The molecule has 0 saturated carbocycles. The summed E-state index contributed by atoms with van der Waals surface area (Å²) >= 11 is 0. The van der Waals surface area contributed by atoms with E-state index >= 15 is 0 Å². The van der Waals surface area contributed by atoms with Gasteiger partial charge in [-0.05, 0) is 24.1 Å². The van der Waals surface area contributed by atoms with E-state index < -0.39 is 0 Å². The van der Waals surface area contributed by atoms with Crippen LogP contribution in [0, 0.1) is 0 Å². The summed E-state index contributed by atoms with van der Waals surface area (Å²) in [5, 5.41) is 2.87. The van der Waals surface area contributed by atoms with Gasteiger partial charge in [-0.1, -0.05) is 19.1 Å². The monoisotopic (exact) mass is 386 g/mol. The Balaban J connectivity index is 1.84. The number of nitrogens with zero attached hydrogens (tertiary/aromatic N) is 3. The highest BCUT2D eigenvalue weighted by Gasteiger charge is 2.20. The number of hydrogen-bond donors (Lipinski definition) is 1. The molecule has 1 fully saturated rings. The minimum atomic E-state index is -0.277. The lowest BCUT2D eigenvalue weighted by atomic mass is 10.1. The molecule has 0 aliphatic carbocycles. The second-order valence-electron chi connectivity index (χ2n) is 6.61. The van der Waals surface area contributed by atoms with Crippen LogP contribution < -0.4 is 15.8 Å². The fourth-order valence-corrected chi connectivity index (χ4v) is 3.13. The summed E-state index contributed by atoms with van der Waals surface area (Å²) in [4.78, 5) is 31.8. The molecule has 1 aliphatic heterocycles. The number of anilines is 2. The van der Waals surface area contributed by atoms with Crippen LogP contribution in [-0.4, -0.2) is 48.9 Å². The van der Waals surface area contributed by atoms with E-state index in [1.165, 1.54) is 10.6 Å². The molecular formula is C20H26N4O4. The van der Waals surface area contributed by atoms with Crippen LogP contribution >= 0.6 is 0 Å². The number of ether oxygens (including phenoxy) is 2. The van der Waals surface area contributed by atoms with Gasteiger partial charge >= 0.3 is 0 Å². The van der Waals surface area contributed by atoms with Crippen molar-refractivity contribution < 1.29 is 14.3 Å². The summed E-state index contributed by atoms with van der Waals surface area (Å²) in [5.41, 5.74) is 2.12. The molecule has 1 amide bonds. The van der Waals surface area contributed by atoms with Crippen molar-refractivity contribution >= 4 is 17.5 Å². The van der Waals surface area contributed by atoms with Crippen molar-refractivity contribution in [1.82, 2.24) is 9.55 Å². The summed E-state index contributed by atoms with van der Waals surface area (Å²) < 4.78 is 11.9. The molecule has 150 valence electrons. The molecule has 0 spiro atoms. The predicted octanol–water partition coefficient (Wildman–Crippen LogP) is 1.43. The maximum atomic E-state index is 12.7. The molecule has 8 nitrogen and oxygen atoms in total. The SMILES string of the molecule is CCc1cccc(NC(=O)Cn2c(N3CCOCC3)nc(COC)cc2=O)c1. The topological polar surface area (TPSA) is 85.7 Å². The maximum absolute atomic E-state index is 12.7. The molecule has 8 heteroatoms.